The summed E-state index contributed by atoms with van der Waals surface area (Å²) in [4.78, 5) is 13.5. The molecule has 0 spiro atoms. The third kappa shape index (κ3) is 3.32. The van der Waals surface area contributed by atoms with Crippen LogP contribution in [0.2, 0.25) is 0 Å². The lowest BCUT2D eigenvalue weighted by molar-refractivity contribution is 0.115. The van der Waals surface area contributed by atoms with Gasteiger partial charge in [0.05, 0.1) is 17.8 Å². The second-order valence-electron chi connectivity index (χ2n) is 6.10. The number of aryl methyl sites for hydroxylation is 2. The van der Waals surface area contributed by atoms with Crippen molar-refractivity contribution < 1.29 is 9.53 Å². The van der Waals surface area contributed by atoms with Gasteiger partial charge in [-0.1, -0.05) is 11.6 Å². The molecule has 23 heavy (non-hydrogen) atoms. The largest absolute Gasteiger partial charge is 0.450 e. The summed E-state index contributed by atoms with van der Waals surface area (Å²) >= 11 is 0. The minimum absolute atomic E-state index is 0.212. The zero-order valence-electron chi connectivity index (χ0n) is 14.0. The van der Waals surface area contributed by atoms with Crippen molar-refractivity contribution in [2.75, 3.05) is 19.7 Å². The Morgan fingerprint density at radius 3 is 3.09 bits per heavy atom. The first-order valence-electron chi connectivity index (χ1n) is 8.15. The van der Waals surface area contributed by atoms with Gasteiger partial charge in [0.25, 0.3) is 0 Å². The van der Waals surface area contributed by atoms with Crippen molar-refractivity contribution in [1.82, 2.24) is 20.0 Å². The van der Waals surface area contributed by atoms with Crippen LogP contribution in [0.4, 0.5) is 4.79 Å². The van der Waals surface area contributed by atoms with Gasteiger partial charge >= 0.3 is 6.09 Å². The molecule has 1 aromatic heterocycles. The van der Waals surface area contributed by atoms with E-state index in [1.54, 1.807) is 4.90 Å². The van der Waals surface area contributed by atoms with Crippen molar-refractivity contribution in [3.63, 3.8) is 0 Å². The minimum Gasteiger partial charge on any atom is -0.450 e. The molecule has 2 heterocycles. The van der Waals surface area contributed by atoms with E-state index in [1.807, 2.05) is 18.7 Å². The number of ether oxygens (including phenoxy) is 1. The molecule has 124 valence electrons. The molecule has 1 atom stereocenters. The summed E-state index contributed by atoms with van der Waals surface area (Å²) in [5.41, 5.74) is 3.44. The first-order valence-corrected chi connectivity index (χ1v) is 8.15. The van der Waals surface area contributed by atoms with Crippen LogP contribution in [-0.4, -0.2) is 46.5 Å². The SMILES string of the molecule is CCOC(=O)N1CC[C@@H](NCc2nn(C)c3ccc(C)cc23)C1. The number of benzene rings is 1. The fourth-order valence-electron chi connectivity index (χ4n) is 3.13. The molecule has 0 radical (unpaired) electrons. The van der Waals surface area contributed by atoms with Gasteiger partial charge in [-0.05, 0) is 32.4 Å². The van der Waals surface area contributed by atoms with Crippen LogP contribution >= 0.6 is 0 Å². The Morgan fingerprint density at radius 1 is 1.48 bits per heavy atom. The van der Waals surface area contributed by atoms with E-state index < -0.39 is 0 Å². The predicted octanol–water partition coefficient (Wildman–Crippen LogP) is 2.20. The average molecular weight is 316 g/mol. The summed E-state index contributed by atoms with van der Waals surface area (Å²) in [5, 5.41) is 9.34. The lowest BCUT2D eigenvalue weighted by Gasteiger charge is -2.16. The second-order valence-corrected chi connectivity index (χ2v) is 6.10. The monoisotopic (exact) mass is 316 g/mol. The van der Waals surface area contributed by atoms with E-state index in [0.29, 0.717) is 25.7 Å². The van der Waals surface area contributed by atoms with Crippen molar-refractivity contribution in [3.8, 4) is 0 Å². The molecule has 0 saturated carbocycles. The maximum Gasteiger partial charge on any atom is 0.409 e. The van der Waals surface area contributed by atoms with Gasteiger partial charge in [-0.25, -0.2) is 4.79 Å². The van der Waals surface area contributed by atoms with E-state index in [1.165, 1.54) is 10.9 Å². The summed E-state index contributed by atoms with van der Waals surface area (Å²) in [6, 6.07) is 6.69. The van der Waals surface area contributed by atoms with Gasteiger partial charge in [0.2, 0.25) is 0 Å². The molecule has 2 aromatic rings. The molecule has 6 nitrogen and oxygen atoms in total. The Bertz CT molecular complexity index is 710. The Labute approximate surface area is 136 Å². The van der Waals surface area contributed by atoms with Crippen LogP contribution in [0.5, 0.6) is 0 Å². The number of fused-ring (bicyclic) bond motifs is 1. The molecule has 6 heteroatoms. The summed E-state index contributed by atoms with van der Waals surface area (Å²) in [5.74, 6) is 0. The number of amides is 1. The number of aromatic nitrogens is 2. The number of hydrogen-bond acceptors (Lipinski definition) is 4. The highest BCUT2D eigenvalue weighted by molar-refractivity contribution is 5.82. The van der Waals surface area contributed by atoms with Gasteiger partial charge in [-0.3, -0.25) is 4.68 Å². The molecule has 0 aliphatic carbocycles. The van der Waals surface area contributed by atoms with E-state index in [0.717, 1.165) is 24.2 Å². The summed E-state index contributed by atoms with van der Waals surface area (Å²) in [7, 11) is 1.97. The first-order chi connectivity index (χ1) is 11.1. The van der Waals surface area contributed by atoms with E-state index in [2.05, 4.69) is 35.5 Å². The van der Waals surface area contributed by atoms with Crippen LogP contribution in [0.1, 0.15) is 24.6 Å². The smallest absolute Gasteiger partial charge is 0.409 e. The molecule has 1 aromatic carbocycles. The van der Waals surface area contributed by atoms with Crippen LogP contribution in [0.15, 0.2) is 18.2 Å². The molecule has 3 rings (SSSR count). The summed E-state index contributed by atoms with van der Waals surface area (Å²) in [6.07, 6.45) is 0.735. The topological polar surface area (TPSA) is 59.4 Å². The number of hydrogen-bond donors (Lipinski definition) is 1. The van der Waals surface area contributed by atoms with E-state index in [4.69, 9.17) is 4.74 Å². The van der Waals surface area contributed by atoms with Crippen molar-refractivity contribution >= 4 is 17.0 Å². The number of carbonyl (C=O) groups is 1. The molecule has 1 amide bonds. The maximum atomic E-state index is 11.7. The molecular weight excluding hydrogens is 292 g/mol. The Hall–Kier alpha value is -2.08. The van der Waals surface area contributed by atoms with Gasteiger partial charge in [0, 0.05) is 38.1 Å². The molecular formula is C17H24N4O2. The van der Waals surface area contributed by atoms with Crippen LogP contribution in [0, 0.1) is 6.92 Å². The van der Waals surface area contributed by atoms with E-state index in [-0.39, 0.29) is 6.09 Å². The zero-order valence-corrected chi connectivity index (χ0v) is 14.0. The summed E-state index contributed by atoms with van der Waals surface area (Å²) < 4.78 is 6.98. The van der Waals surface area contributed by atoms with Crippen molar-refractivity contribution in [3.05, 3.63) is 29.5 Å². The van der Waals surface area contributed by atoms with Crippen molar-refractivity contribution in [1.29, 1.82) is 0 Å². The van der Waals surface area contributed by atoms with Gasteiger partial charge in [0.1, 0.15) is 0 Å². The Morgan fingerprint density at radius 2 is 2.30 bits per heavy atom. The quantitative estimate of drug-likeness (QED) is 0.939. The minimum atomic E-state index is -0.212. The van der Waals surface area contributed by atoms with Gasteiger partial charge < -0.3 is 15.0 Å². The van der Waals surface area contributed by atoms with Gasteiger partial charge in [-0.15, -0.1) is 0 Å². The lowest BCUT2D eigenvalue weighted by atomic mass is 10.1. The molecule has 1 saturated heterocycles. The Balaban J connectivity index is 1.63. The fraction of sp³-hybridized carbons (Fsp3) is 0.529. The van der Waals surface area contributed by atoms with Gasteiger partial charge in [-0.2, -0.15) is 5.10 Å². The van der Waals surface area contributed by atoms with Crippen LogP contribution < -0.4 is 5.32 Å². The molecule has 0 unspecified atom stereocenters. The number of rotatable bonds is 4. The number of carbonyl (C=O) groups excluding carboxylic acids is 1. The van der Waals surface area contributed by atoms with Crippen molar-refractivity contribution in [2.45, 2.75) is 32.9 Å². The Kier molecular flexibility index (Phi) is 4.52. The predicted molar refractivity (Wildman–Crippen MR) is 89.3 cm³/mol. The third-order valence-corrected chi connectivity index (χ3v) is 4.35. The van der Waals surface area contributed by atoms with Crippen LogP contribution in [0.3, 0.4) is 0 Å². The van der Waals surface area contributed by atoms with Crippen LogP contribution in [-0.2, 0) is 18.3 Å². The molecule has 1 N–H and O–H groups in total. The molecule has 1 aliphatic heterocycles. The number of nitrogens with zero attached hydrogens (tertiary/aromatic N) is 3. The molecule has 0 bridgehead atoms. The number of nitrogens with one attached hydrogen (secondary N) is 1. The normalized spacial score (nSPS) is 17.9. The third-order valence-electron chi connectivity index (χ3n) is 4.35. The van der Waals surface area contributed by atoms with E-state index in [9.17, 15) is 4.79 Å². The van der Waals surface area contributed by atoms with E-state index >= 15 is 0 Å². The first kappa shape index (κ1) is 15.8. The highest BCUT2D eigenvalue weighted by Gasteiger charge is 2.26. The standard InChI is InChI=1S/C17H24N4O2/c1-4-23-17(22)21-8-7-13(11-21)18-10-15-14-9-12(2)5-6-16(14)20(3)19-15/h5-6,9,13,18H,4,7-8,10-11H2,1-3H3/t13-/m1/s1. The zero-order chi connectivity index (χ0) is 16.4. The maximum absolute atomic E-state index is 11.7. The lowest BCUT2D eigenvalue weighted by Crippen LogP contribution is -2.35. The fourth-order valence-corrected chi connectivity index (χ4v) is 3.13. The summed E-state index contributed by atoms with van der Waals surface area (Å²) in [6.45, 7) is 6.51. The highest BCUT2D eigenvalue weighted by Crippen LogP contribution is 2.20. The number of likely N-dealkylation sites (tertiary alicyclic amines) is 1. The molecule has 1 fully saturated rings. The van der Waals surface area contributed by atoms with Crippen LogP contribution in [0.25, 0.3) is 10.9 Å². The van der Waals surface area contributed by atoms with Crippen molar-refractivity contribution in [2.24, 2.45) is 7.05 Å². The molecule has 1 aliphatic rings. The second kappa shape index (κ2) is 6.58. The highest BCUT2D eigenvalue weighted by atomic mass is 16.6. The van der Waals surface area contributed by atoms with Gasteiger partial charge in [0.15, 0.2) is 0 Å². The average Bonchev–Trinajstić information content (AvgIpc) is 3.11.